The van der Waals surface area contributed by atoms with Crippen LogP contribution in [0.25, 0.3) is 0 Å². The summed E-state index contributed by atoms with van der Waals surface area (Å²) in [4.78, 5) is 0. The zero-order valence-electron chi connectivity index (χ0n) is 13.2. The molecule has 7 nitrogen and oxygen atoms in total. The highest BCUT2D eigenvalue weighted by Gasteiger charge is 2.43. The highest BCUT2D eigenvalue weighted by atomic mass is 32.2. The van der Waals surface area contributed by atoms with Crippen LogP contribution >= 0.6 is 0 Å². The lowest BCUT2D eigenvalue weighted by Gasteiger charge is -2.24. The first-order chi connectivity index (χ1) is 10.5. The predicted octanol–water partition coefficient (Wildman–Crippen LogP) is 1.10. The van der Waals surface area contributed by atoms with Crippen LogP contribution in [0.3, 0.4) is 0 Å². The maximum absolute atomic E-state index is 12.9. The van der Waals surface area contributed by atoms with Gasteiger partial charge in [0.15, 0.2) is 5.82 Å². The Labute approximate surface area is 131 Å². The molecule has 1 aliphatic carbocycles. The van der Waals surface area contributed by atoms with Gasteiger partial charge in [0.05, 0.1) is 17.9 Å². The molecule has 0 amide bonds. The summed E-state index contributed by atoms with van der Waals surface area (Å²) in [7, 11) is 0.169. The number of sulfonamides is 1. The van der Waals surface area contributed by atoms with Gasteiger partial charge in [-0.25, -0.2) is 8.42 Å². The molecule has 1 aromatic rings. The van der Waals surface area contributed by atoms with Crippen LogP contribution in [0.1, 0.15) is 44.0 Å². The van der Waals surface area contributed by atoms with E-state index in [1.807, 2.05) is 7.05 Å². The summed E-state index contributed by atoms with van der Waals surface area (Å²) in [5, 5.41) is 8.00. The van der Waals surface area contributed by atoms with E-state index >= 15 is 0 Å². The fourth-order valence-corrected chi connectivity index (χ4v) is 5.73. The molecule has 0 spiro atoms. The van der Waals surface area contributed by atoms with E-state index in [9.17, 15) is 8.42 Å². The number of rotatable bonds is 5. The van der Waals surface area contributed by atoms with Gasteiger partial charge in [-0.05, 0) is 25.2 Å². The van der Waals surface area contributed by atoms with Crippen LogP contribution in [0.15, 0.2) is 6.33 Å². The summed E-state index contributed by atoms with van der Waals surface area (Å²) in [6, 6.07) is -0.274. The average Bonchev–Trinajstić information content (AvgIpc) is 3.17. The van der Waals surface area contributed by atoms with Gasteiger partial charge in [0.25, 0.3) is 0 Å². The Balaban J connectivity index is 1.83. The first-order valence-corrected chi connectivity index (χ1v) is 9.48. The van der Waals surface area contributed by atoms with Gasteiger partial charge >= 0.3 is 0 Å². The van der Waals surface area contributed by atoms with Gasteiger partial charge < -0.3 is 9.30 Å². The second kappa shape index (κ2) is 6.25. The van der Waals surface area contributed by atoms with Crippen LogP contribution < -0.4 is 0 Å². The van der Waals surface area contributed by atoms with Crippen LogP contribution in [0, 0.1) is 5.92 Å². The fraction of sp³-hybridized carbons (Fsp3) is 0.857. The highest BCUT2D eigenvalue weighted by molar-refractivity contribution is 7.89. The molecule has 2 heterocycles. The van der Waals surface area contributed by atoms with Crippen molar-refractivity contribution in [1.82, 2.24) is 19.1 Å². The van der Waals surface area contributed by atoms with Crippen molar-refractivity contribution < 1.29 is 13.2 Å². The van der Waals surface area contributed by atoms with Crippen molar-refractivity contribution in [3.8, 4) is 0 Å². The van der Waals surface area contributed by atoms with Crippen molar-refractivity contribution in [2.24, 2.45) is 13.0 Å². The molecule has 3 rings (SSSR count). The Morgan fingerprint density at radius 1 is 1.36 bits per heavy atom. The molecule has 1 aliphatic heterocycles. The van der Waals surface area contributed by atoms with E-state index in [1.165, 1.54) is 0 Å². The third-order valence-electron chi connectivity index (χ3n) is 4.87. The molecule has 2 aliphatic rings. The molecular weight excluding hydrogens is 304 g/mol. The molecule has 0 N–H and O–H groups in total. The number of aryl methyl sites for hydroxylation is 1. The number of aromatic nitrogens is 3. The van der Waals surface area contributed by atoms with Crippen molar-refractivity contribution >= 4 is 10.0 Å². The molecule has 8 heteroatoms. The molecule has 0 aromatic carbocycles. The minimum absolute atomic E-state index is 0.0833. The fourth-order valence-electron chi connectivity index (χ4n) is 3.65. The molecule has 1 aromatic heterocycles. The van der Waals surface area contributed by atoms with E-state index < -0.39 is 10.0 Å². The summed E-state index contributed by atoms with van der Waals surface area (Å²) in [6.45, 7) is 0.406. The summed E-state index contributed by atoms with van der Waals surface area (Å²) < 4.78 is 34.6. The third kappa shape index (κ3) is 3.04. The molecule has 124 valence electrons. The van der Waals surface area contributed by atoms with Gasteiger partial charge in [0.2, 0.25) is 10.0 Å². The predicted molar refractivity (Wildman–Crippen MR) is 81.6 cm³/mol. The highest BCUT2D eigenvalue weighted by Crippen LogP contribution is 2.36. The molecule has 1 saturated carbocycles. The molecule has 22 heavy (non-hydrogen) atoms. The van der Waals surface area contributed by atoms with Crippen molar-refractivity contribution in [2.75, 3.05) is 19.4 Å². The largest absolute Gasteiger partial charge is 0.380 e. The summed E-state index contributed by atoms with van der Waals surface area (Å²) in [5.74, 6) is 1.24. The quantitative estimate of drug-likeness (QED) is 0.809. The molecule has 0 bridgehead atoms. The van der Waals surface area contributed by atoms with Crippen LogP contribution in [0.4, 0.5) is 0 Å². The van der Waals surface area contributed by atoms with E-state index in [0.29, 0.717) is 24.7 Å². The normalized spacial score (nSPS) is 27.7. The number of nitrogens with zero attached hydrogens (tertiary/aromatic N) is 4. The number of methoxy groups -OCH3 is 1. The Bertz CT molecular complexity index is 609. The first-order valence-electron chi connectivity index (χ1n) is 7.87. The summed E-state index contributed by atoms with van der Waals surface area (Å²) >= 11 is 0. The second-order valence-corrected chi connectivity index (χ2v) is 8.37. The molecule has 2 fully saturated rings. The maximum atomic E-state index is 12.9. The SMILES string of the molecule is CO[C@@H]1C[C@@H](c2nncn2C)N(S(=O)(=O)CC2CCCC2)C1. The van der Waals surface area contributed by atoms with Gasteiger partial charge in [-0.15, -0.1) is 10.2 Å². The van der Waals surface area contributed by atoms with Crippen LogP contribution in [0.2, 0.25) is 0 Å². The van der Waals surface area contributed by atoms with Crippen molar-refractivity contribution in [3.63, 3.8) is 0 Å². The van der Waals surface area contributed by atoms with E-state index in [0.717, 1.165) is 25.7 Å². The Morgan fingerprint density at radius 3 is 2.68 bits per heavy atom. The van der Waals surface area contributed by atoms with E-state index in [-0.39, 0.29) is 17.9 Å². The van der Waals surface area contributed by atoms with Crippen LogP contribution in [0.5, 0.6) is 0 Å². The van der Waals surface area contributed by atoms with Gasteiger partial charge in [-0.2, -0.15) is 4.31 Å². The molecule has 1 saturated heterocycles. The lowest BCUT2D eigenvalue weighted by atomic mass is 10.1. The van der Waals surface area contributed by atoms with E-state index in [4.69, 9.17) is 4.74 Å². The van der Waals surface area contributed by atoms with Gasteiger partial charge in [-0.3, -0.25) is 0 Å². The van der Waals surface area contributed by atoms with Crippen molar-refractivity contribution in [2.45, 2.75) is 44.2 Å². The monoisotopic (exact) mass is 328 g/mol. The molecular formula is C14H24N4O3S. The Kier molecular flexibility index (Phi) is 4.52. The van der Waals surface area contributed by atoms with Crippen LogP contribution in [-0.2, 0) is 21.8 Å². The number of hydrogen-bond donors (Lipinski definition) is 0. The van der Waals surface area contributed by atoms with Gasteiger partial charge in [0, 0.05) is 20.7 Å². The second-order valence-electron chi connectivity index (χ2n) is 6.41. The lowest BCUT2D eigenvalue weighted by molar-refractivity contribution is 0.114. The minimum atomic E-state index is -3.31. The van der Waals surface area contributed by atoms with E-state index in [2.05, 4.69) is 10.2 Å². The minimum Gasteiger partial charge on any atom is -0.380 e. The zero-order valence-corrected chi connectivity index (χ0v) is 14.0. The molecule has 0 unspecified atom stereocenters. The summed E-state index contributed by atoms with van der Waals surface area (Å²) in [6.07, 6.45) is 6.50. The smallest absolute Gasteiger partial charge is 0.215 e. The van der Waals surface area contributed by atoms with Gasteiger partial charge in [-0.1, -0.05) is 12.8 Å². The average molecular weight is 328 g/mol. The van der Waals surface area contributed by atoms with Crippen molar-refractivity contribution in [1.29, 1.82) is 0 Å². The molecule has 0 radical (unpaired) electrons. The summed E-state index contributed by atoms with van der Waals surface area (Å²) in [5.41, 5.74) is 0. The molecule has 2 atom stereocenters. The van der Waals surface area contributed by atoms with E-state index in [1.54, 1.807) is 22.3 Å². The maximum Gasteiger partial charge on any atom is 0.215 e. The third-order valence-corrected chi connectivity index (χ3v) is 6.88. The first kappa shape index (κ1) is 15.9. The van der Waals surface area contributed by atoms with Gasteiger partial charge in [0.1, 0.15) is 6.33 Å². The van der Waals surface area contributed by atoms with Crippen molar-refractivity contribution in [3.05, 3.63) is 12.2 Å². The van der Waals surface area contributed by atoms with Crippen LogP contribution in [-0.4, -0.2) is 53.0 Å². The Hall–Kier alpha value is -0.990. The standard InChI is InChI=1S/C14H24N4O3S/c1-17-10-15-16-14(17)13-7-12(21-2)8-18(13)22(19,20)9-11-5-3-4-6-11/h10-13H,3-9H2,1-2H3/t12-,13+/m1/s1. The topological polar surface area (TPSA) is 77.3 Å². The Morgan fingerprint density at radius 2 is 2.09 bits per heavy atom. The lowest BCUT2D eigenvalue weighted by Crippen LogP contribution is -2.36. The number of ether oxygens (including phenoxy) is 1. The number of hydrogen-bond acceptors (Lipinski definition) is 5. The zero-order chi connectivity index (χ0) is 15.7.